The van der Waals surface area contributed by atoms with Crippen molar-refractivity contribution in [3.05, 3.63) is 214 Å². The van der Waals surface area contributed by atoms with Crippen LogP contribution in [0.2, 0.25) is 0 Å². The van der Waals surface area contributed by atoms with Gasteiger partial charge in [0.05, 0.1) is 36.0 Å². The zero-order valence-corrected chi connectivity index (χ0v) is 42.7. The van der Waals surface area contributed by atoms with E-state index in [1.165, 1.54) is 115 Å². The maximum atomic E-state index is 15.2. The number of carbonyl (C=O) groups is 2. The second-order valence-electron chi connectivity index (χ2n) is 17.7. The first-order valence-corrected chi connectivity index (χ1v) is 24.8. The van der Waals surface area contributed by atoms with Crippen LogP contribution in [-0.4, -0.2) is 71.6 Å². The number of amides is 2. The second kappa shape index (κ2) is 22.6. The fourth-order valence-corrected chi connectivity index (χ4v) is 8.92. The lowest BCUT2D eigenvalue weighted by Crippen LogP contribution is -2.29. The summed E-state index contributed by atoms with van der Waals surface area (Å²) in [5.41, 5.74) is 0.745. The molecule has 0 saturated heterocycles. The van der Waals surface area contributed by atoms with E-state index in [1.807, 2.05) is 12.1 Å². The number of benzene rings is 6. The molecule has 12 rings (SSSR count). The van der Waals surface area contributed by atoms with Crippen LogP contribution in [0.1, 0.15) is 20.7 Å². The number of fused-ring (bicyclic) bond motifs is 6. The summed E-state index contributed by atoms with van der Waals surface area (Å²) in [6, 6.07) is 34.5. The summed E-state index contributed by atoms with van der Waals surface area (Å²) in [6.07, 6.45) is 6.06. The predicted molar refractivity (Wildman–Crippen MR) is 291 cm³/mol. The molecule has 2 N–H and O–H groups in total. The molecule has 0 fully saturated rings. The quantitative estimate of drug-likeness (QED) is 0.117. The van der Waals surface area contributed by atoms with Crippen molar-refractivity contribution in [1.82, 2.24) is 19.1 Å². The molecule has 0 bridgehead atoms. The van der Waals surface area contributed by atoms with Gasteiger partial charge in [0.1, 0.15) is 77.9 Å². The van der Waals surface area contributed by atoms with Gasteiger partial charge in [-0.25, -0.2) is 13.2 Å². The lowest BCUT2D eigenvalue weighted by atomic mass is 10.1. The summed E-state index contributed by atoms with van der Waals surface area (Å²) in [7, 11) is 2.69. The standard InChI is InChI=1S/C30H21F2N3O6.C30H22FN3O6/c1-38-23-11-13-35(19-5-2-17(31)3-6-19)30(37)27(23)29(36)34-18-4-8-22(20(32)16-18)41-24-10-12-33-21-7-9-25-28(26(21)24)40-15-14-39-25;1-37-23-13-15-34(20-6-2-18(31)3-7-20)30(36)27(23)29(35)33-19-4-8-21(9-5-19)40-24-12-14-32-22-10-11-25-28(26(22)24)39-17-16-38-25/h2-13,16H,14-15H2,1H3,(H,34,36);2-15H,16-17H2,1H3,(H,33,35). The molecule has 4 aromatic heterocycles. The fraction of sp³-hybridized carbons (Fsp3) is 0.100. The highest BCUT2D eigenvalue weighted by atomic mass is 19.1. The lowest BCUT2D eigenvalue weighted by molar-refractivity contribution is 0.101. The van der Waals surface area contributed by atoms with E-state index in [9.17, 15) is 28.0 Å². The summed E-state index contributed by atoms with van der Waals surface area (Å²) >= 11 is 0. The molecule has 2 aliphatic rings. The van der Waals surface area contributed by atoms with Crippen LogP contribution in [0.5, 0.6) is 57.5 Å². The Bertz CT molecular complexity index is 4180. The topological polar surface area (TPSA) is 202 Å². The van der Waals surface area contributed by atoms with Gasteiger partial charge in [-0.3, -0.25) is 38.3 Å². The summed E-state index contributed by atoms with van der Waals surface area (Å²) in [5.74, 6) is 0.443. The number of aromatic nitrogens is 4. The third kappa shape index (κ3) is 10.8. The van der Waals surface area contributed by atoms with Crippen molar-refractivity contribution < 1.29 is 60.7 Å². The van der Waals surface area contributed by atoms with E-state index in [4.69, 9.17) is 37.9 Å². The van der Waals surface area contributed by atoms with Crippen molar-refractivity contribution in [2.24, 2.45) is 0 Å². The number of carbonyl (C=O) groups excluding carboxylic acids is 2. The molecular weight excluding hydrogens is 1050 g/mol. The number of ether oxygens (including phenoxy) is 8. The van der Waals surface area contributed by atoms with E-state index in [2.05, 4.69) is 20.6 Å². The average molecular weight is 1100 g/mol. The Morgan fingerprint density at radius 3 is 1.43 bits per heavy atom. The lowest BCUT2D eigenvalue weighted by Gasteiger charge is -2.21. The normalized spacial score (nSPS) is 12.2. The number of rotatable bonds is 12. The third-order valence-corrected chi connectivity index (χ3v) is 12.7. The van der Waals surface area contributed by atoms with Crippen molar-refractivity contribution >= 4 is 45.0 Å². The maximum Gasteiger partial charge on any atom is 0.271 e. The van der Waals surface area contributed by atoms with Gasteiger partial charge in [-0.2, -0.15) is 0 Å². The number of nitrogens with zero attached hydrogens (tertiary/aromatic N) is 4. The number of pyridine rings is 4. The Morgan fingerprint density at radius 2 is 0.951 bits per heavy atom. The molecular formula is C60H43F3N6O12. The van der Waals surface area contributed by atoms with Crippen LogP contribution in [0, 0.1) is 17.5 Å². The average Bonchev–Trinajstić information content (AvgIpc) is 3.54. The van der Waals surface area contributed by atoms with Crippen LogP contribution < -0.4 is 59.6 Å². The second-order valence-corrected chi connectivity index (χ2v) is 17.7. The van der Waals surface area contributed by atoms with Gasteiger partial charge >= 0.3 is 0 Å². The predicted octanol–water partition coefficient (Wildman–Crippen LogP) is 10.8. The van der Waals surface area contributed by atoms with E-state index in [0.29, 0.717) is 106 Å². The number of hydrogen-bond donors (Lipinski definition) is 2. The molecule has 0 saturated carbocycles. The molecule has 6 aromatic carbocycles. The van der Waals surface area contributed by atoms with Gasteiger partial charge < -0.3 is 48.5 Å². The van der Waals surface area contributed by atoms with E-state index in [1.54, 1.807) is 54.7 Å². The molecule has 0 unspecified atom stereocenters. The molecule has 2 aliphatic heterocycles. The van der Waals surface area contributed by atoms with Gasteiger partial charge in [-0.05, 0) is 133 Å². The fourth-order valence-electron chi connectivity index (χ4n) is 8.92. The smallest absolute Gasteiger partial charge is 0.271 e. The number of hydrogen-bond acceptors (Lipinski definition) is 14. The minimum Gasteiger partial charge on any atom is -0.496 e. The molecule has 2 amide bonds. The summed E-state index contributed by atoms with van der Waals surface area (Å²) in [6.45, 7) is 1.66. The van der Waals surface area contributed by atoms with Crippen LogP contribution in [0.4, 0.5) is 24.5 Å². The molecule has 6 heterocycles. The Labute approximate surface area is 457 Å². The van der Waals surface area contributed by atoms with Crippen molar-refractivity contribution in [3.63, 3.8) is 0 Å². The Hall–Kier alpha value is -10.8. The highest BCUT2D eigenvalue weighted by Gasteiger charge is 2.25. The first-order chi connectivity index (χ1) is 39.4. The van der Waals surface area contributed by atoms with Gasteiger partial charge in [0.25, 0.3) is 22.9 Å². The maximum absolute atomic E-state index is 15.2. The highest BCUT2D eigenvalue weighted by molar-refractivity contribution is 6.07. The van der Waals surface area contributed by atoms with Crippen molar-refractivity contribution in [2.45, 2.75) is 0 Å². The molecule has 18 nitrogen and oxygen atoms in total. The Morgan fingerprint density at radius 1 is 0.494 bits per heavy atom. The minimum atomic E-state index is -0.819. The van der Waals surface area contributed by atoms with Crippen LogP contribution in [0.15, 0.2) is 174 Å². The molecule has 81 heavy (non-hydrogen) atoms. The molecule has 21 heteroatoms. The summed E-state index contributed by atoms with van der Waals surface area (Å²) < 4.78 is 89.9. The van der Waals surface area contributed by atoms with Gasteiger partial charge in [0, 0.05) is 53.6 Å². The van der Waals surface area contributed by atoms with Crippen LogP contribution in [-0.2, 0) is 0 Å². The zero-order chi connectivity index (χ0) is 56.1. The Kier molecular flexibility index (Phi) is 14.6. The largest absolute Gasteiger partial charge is 0.496 e. The van der Waals surface area contributed by atoms with Gasteiger partial charge in [0.15, 0.2) is 34.6 Å². The van der Waals surface area contributed by atoms with Crippen LogP contribution >= 0.6 is 0 Å². The number of methoxy groups -OCH3 is 2. The van der Waals surface area contributed by atoms with Crippen molar-refractivity contribution in [2.75, 3.05) is 51.3 Å². The first kappa shape index (κ1) is 52.2. The number of nitrogens with one attached hydrogen (secondary N) is 2. The number of anilines is 2. The first-order valence-electron chi connectivity index (χ1n) is 24.8. The molecule has 0 spiro atoms. The van der Waals surface area contributed by atoms with E-state index < -0.39 is 40.4 Å². The van der Waals surface area contributed by atoms with Gasteiger partial charge in [-0.15, -0.1) is 0 Å². The van der Waals surface area contributed by atoms with Crippen molar-refractivity contribution in [1.29, 1.82) is 0 Å². The van der Waals surface area contributed by atoms with Gasteiger partial charge in [-0.1, -0.05) is 0 Å². The SMILES string of the molecule is COc1ccn(-c2ccc(F)cc2)c(=O)c1C(=O)Nc1ccc(Oc2ccnc3ccc4c(c23)OCCO4)c(F)c1.COc1ccn(-c2ccc(F)cc2)c(=O)c1C(=O)Nc1ccc(Oc2ccnc3ccc4c(c23)OCCO4)cc1. The van der Waals surface area contributed by atoms with Gasteiger partial charge in [0.2, 0.25) is 0 Å². The molecule has 0 aliphatic carbocycles. The summed E-state index contributed by atoms with van der Waals surface area (Å²) in [5, 5.41) is 6.50. The molecule has 406 valence electrons. The van der Waals surface area contributed by atoms with Crippen molar-refractivity contribution in [3.8, 4) is 68.9 Å². The molecule has 10 aromatic rings. The Balaban J connectivity index is 0.000000170. The molecule has 0 radical (unpaired) electrons. The van der Waals surface area contributed by atoms with E-state index in [-0.39, 0.29) is 34.1 Å². The molecule has 0 atom stereocenters. The van der Waals surface area contributed by atoms with Crippen LogP contribution in [0.3, 0.4) is 0 Å². The third-order valence-electron chi connectivity index (χ3n) is 12.7. The van der Waals surface area contributed by atoms with E-state index >= 15 is 4.39 Å². The minimum absolute atomic E-state index is 0.0189. The van der Waals surface area contributed by atoms with E-state index in [0.717, 1.165) is 6.07 Å². The summed E-state index contributed by atoms with van der Waals surface area (Å²) in [4.78, 5) is 61.5. The highest BCUT2D eigenvalue weighted by Crippen LogP contribution is 2.44. The van der Waals surface area contributed by atoms with Crippen LogP contribution in [0.25, 0.3) is 33.2 Å². The zero-order valence-electron chi connectivity index (χ0n) is 42.7. The number of halogens is 3. The monoisotopic (exact) mass is 1100 g/mol.